The Hall–Kier alpha value is -1.20. The molecule has 3 nitrogen and oxygen atoms in total. The van der Waals surface area contributed by atoms with Crippen molar-refractivity contribution >= 4 is 15.9 Å². The number of likely N-dealkylation sites (N-methyl/N-ethyl adjacent to an activating group) is 1. The summed E-state index contributed by atoms with van der Waals surface area (Å²) in [5.41, 5.74) is 2.75. The first-order chi connectivity index (χ1) is 8.22. The van der Waals surface area contributed by atoms with Crippen molar-refractivity contribution in [3.63, 3.8) is 0 Å². The van der Waals surface area contributed by atoms with Gasteiger partial charge in [0.25, 0.3) is 0 Å². The van der Waals surface area contributed by atoms with Gasteiger partial charge in [-0.3, -0.25) is 5.10 Å². The molecule has 2 rings (SSSR count). The minimum atomic E-state index is -0.240. The Morgan fingerprint density at radius 3 is 2.71 bits per heavy atom. The fourth-order valence-electron chi connectivity index (χ4n) is 1.58. The van der Waals surface area contributed by atoms with Gasteiger partial charge in [-0.1, -0.05) is 0 Å². The van der Waals surface area contributed by atoms with E-state index in [-0.39, 0.29) is 5.82 Å². The van der Waals surface area contributed by atoms with Gasteiger partial charge in [-0.15, -0.1) is 0 Å². The number of nitrogens with one attached hydrogen (secondary N) is 2. The molecular weight excluding hydrogens is 285 g/mol. The fourth-order valence-corrected chi connectivity index (χ4v) is 2.18. The van der Waals surface area contributed by atoms with Crippen LogP contribution in [0.5, 0.6) is 0 Å². The molecule has 0 aliphatic carbocycles. The SMILES string of the molecule is CNCCc1[nH]nc(-c2ccc(F)cc2)c1Br. The van der Waals surface area contributed by atoms with Gasteiger partial charge in [-0.05, 0) is 47.2 Å². The van der Waals surface area contributed by atoms with E-state index in [9.17, 15) is 4.39 Å². The zero-order chi connectivity index (χ0) is 12.3. The van der Waals surface area contributed by atoms with E-state index in [0.29, 0.717) is 0 Å². The third kappa shape index (κ3) is 2.73. The van der Waals surface area contributed by atoms with Crippen molar-refractivity contribution in [2.75, 3.05) is 13.6 Å². The van der Waals surface area contributed by atoms with Crippen molar-refractivity contribution in [3.05, 3.63) is 40.2 Å². The molecule has 90 valence electrons. The summed E-state index contributed by atoms with van der Waals surface area (Å²) in [6.07, 6.45) is 0.866. The second-order valence-corrected chi connectivity index (χ2v) is 4.52. The maximum absolute atomic E-state index is 12.8. The average Bonchev–Trinajstić information content (AvgIpc) is 2.69. The van der Waals surface area contributed by atoms with Crippen LogP contribution < -0.4 is 5.32 Å². The van der Waals surface area contributed by atoms with E-state index < -0.39 is 0 Å². The van der Waals surface area contributed by atoms with Gasteiger partial charge in [0.05, 0.1) is 10.2 Å². The van der Waals surface area contributed by atoms with Crippen molar-refractivity contribution in [3.8, 4) is 11.3 Å². The molecule has 0 atom stereocenters. The maximum atomic E-state index is 12.8. The number of halogens is 2. The highest BCUT2D eigenvalue weighted by atomic mass is 79.9. The Morgan fingerprint density at radius 1 is 1.35 bits per heavy atom. The maximum Gasteiger partial charge on any atom is 0.123 e. The van der Waals surface area contributed by atoms with Gasteiger partial charge >= 0.3 is 0 Å². The molecule has 1 heterocycles. The van der Waals surface area contributed by atoms with E-state index in [1.54, 1.807) is 12.1 Å². The van der Waals surface area contributed by atoms with Crippen molar-refractivity contribution in [2.24, 2.45) is 0 Å². The van der Waals surface area contributed by atoms with Crippen LogP contribution in [-0.2, 0) is 6.42 Å². The topological polar surface area (TPSA) is 40.7 Å². The Bertz CT molecular complexity index is 493. The highest BCUT2D eigenvalue weighted by Crippen LogP contribution is 2.28. The van der Waals surface area contributed by atoms with Gasteiger partial charge in [0.15, 0.2) is 0 Å². The Labute approximate surface area is 108 Å². The average molecular weight is 298 g/mol. The summed E-state index contributed by atoms with van der Waals surface area (Å²) in [4.78, 5) is 0. The minimum absolute atomic E-state index is 0.240. The van der Waals surface area contributed by atoms with E-state index in [1.165, 1.54) is 12.1 Å². The molecule has 0 aliphatic heterocycles. The molecule has 0 radical (unpaired) electrons. The van der Waals surface area contributed by atoms with E-state index in [0.717, 1.165) is 34.4 Å². The van der Waals surface area contributed by atoms with Crippen LogP contribution in [0.4, 0.5) is 4.39 Å². The van der Waals surface area contributed by atoms with E-state index in [2.05, 4.69) is 31.4 Å². The molecule has 2 N–H and O–H groups in total. The number of rotatable bonds is 4. The molecule has 0 fully saturated rings. The van der Waals surface area contributed by atoms with Gasteiger partial charge in [0, 0.05) is 18.5 Å². The number of nitrogens with zero attached hydrogens (tertiary/aromatic N) is 1. The van der Waals surface area contributed by atoms with E-state index in [4.69, 9.17) is 0 Å². The summed E-state index contributed by atoms with van der Waals surface area (Å²) >= 11 is 3.52. The summed E-state index contributed by atoms with van der Waals surface area (Å²) in [6, 6.07) is 6.31. The molecule has 0 bridgehead atoms. The lowest BCUT2D eigenvalue weighted by Crippen LogP contribution is -2.10. The van der Waals surface area contributed by atoms with Crippen LogP contribution in [0, 0.1) is 5.82 Å². The summed E-state index contributed by atoms with van der Waals surface area (Å²) in [5, 5.41) is 10.3. The molecule has 17 heavy (non-hydrogen) atoms. The first-order valence-corrected chi connectivity index (χ1v) is 6.15. The molecule has 0 unspecified atom stereocenters. The summed E-state index contributed by atoms with van der Waals surface area (Å²) < 4.78 is 13.8. The molecular formula is C12H13BrFN3. The largest absolute Gasteiger partial charge is 0.319 e. The lowest BCUT2D eigenvalue weighted by molar-refractivity contribution is 0.628. The smallest absolute Gasteiger partial charge is 0.123 e. The zero-order valence-electron chi connectivity index (χ0n) is 9.43. The molecule has 5 heteroatoms. The van der Waals surface area contributed by atoms with E-state index in [1.807, 2.05) is 7.05 Å². The van der Waals surface area contributed by atoms with Gasteiger partial charge in [-0.2, -0.15) is 5.10 Å². The molecule has 1 aromatic heterocycles. The summed E-state index contributed by atoms with van der Waals surface area (Å²) in [7, 11) is 1.91. The normalized spacial score (nSPS) is 10.8. The Balaban J connectivity index is 2.27. The van der Waals surface area contributed by atoms with Crippen molar-refractivity contribution < 1.29 is 4.39 Å². The fraction of sp³-hybridized carbons (Fsp3) is 0.250. The lowest BCUT2D eigenvalue weighted by atomic mass is 10.1. The quantitative estimate of drug-likeness (QED) is 0.911. The molecule has 1 aromatic carbocycles. The van der Waals surface area contributed by atoms with Crippen LogP contribution in [0.1, 0.15) is 5.69 Å². The molecule has 2 aromatic rings. The predicted octanol–water partition coefficient (Wildman–Crippen LogP) is 2.74. The highest BCUT2D eigenvalue weighted by Gasteiger charge is 2.11. The second-order valence-electron chi connectivity index (χ2n) is 3.73. The number of hydrogen-bond donors (Lipinski definition) is 2. The van der Waals surface area contributed by atoms with Crippen LogP contribution in [0.2, 0.25) is 0 Å². The number of aromatic amines is 1. The standard InChI is InChI=1S/C12H13BrFN3/c1-15-7-6-10-11(13)12(17-16-10)8-2-4-9(14)5-3-8/h2-5,15H,6-7H2,1H3,(H,16,17). The van der Waals surface area contributed by atoms with Gasteiger partial charge in [0.2, 0.25) is 0 Å². The van der Waals surface area contributed by atoms with Crippen LogP contribution >= 0.6 is 15.9 Å². The van der Waals surface area contributed by atoms with Crippen LogP contribution in [0.15, 0.2) is 28.7 Å². The van der Waals surface area contributed by atoms with Crippen LogP contribution in [-0.4, -0.2) is 23.8 Å². The number of aromatic nitrogens is 2. The Morgan fingerprint density at radius 2 is 2.06 bits per heavy atom. The number of H-pyrrole nitrogens is 1. The highest BCUT2D eigenvalue weighted by molar-refractivity contribution is 9.10. The first-order valence-electron chi connectivity index (χ1n) is 5.35. The van der Waals surface area contributed by atoms with Crippen molar-refractivity contribution in [1.82, 2.24) is 15.5 Å². The summed E-state index contributed by atoms with van der Waals surface area (Å²) in [6.45, 7) is 0.879. The number of benzene rings is 1. The van der Waals surface area contributed by atoms with Crippen LogP contribution in [0.3, 0.4) is 0 Å². The molecule has 0 spiro atoms. The zero-order valence-corrected chi connectivity index (χ0v) is 11.0. The molecule has 0 amide bonds. The molecule has 0 aliphatic rings. The van der Waals surface area contributed by atoms with Crippen molar-refractivity contribution in [1.29, 1.82) is 0 Å². The second kappa shape index (κ2) is 5.42. The lowest BCUT2D eigenvalue weighted by Gasteiger charge is -1.99. The molecule has 0 saturated heterocycles. The first kappa shape index (κ1) is 12.3. The van der Waals surface area contributed by atoms with Crippen molar-refractivity contribution in [2.45, 2.75) is 6.42 Å². The van der Waals surface area contributed by atoms with E-state index >= 15 is 0 Å². The third-order valence-corrected chi connectivity index (χ3v) is 3.37. The summed E-state index contributed by atoms with van der Waals surface area (Å²) in [5.74, 6) is -0.240. The third-order valence-electron chi connectivity index (χ3n) is 2.52. The van der Waals surface area contributed by atoms with Gasteiger partial charge in [0.1, 0.15) is 11.5 Å². The van der Waals surface area contributed by atoms with Gasteiger partial charge in [-0.25, -0.2) is 4.39 Å². The molecule has 0 saturated carbocycles. The minimum Gasteiger partial charge on any atom is -0.319 e. The Kier molecular flexibility index (Phi) is 3.91. The van der Waals surface area contributed by atoms with Crippen LogP contribution in [0.25, 0.3) is 11.3 Å². The predicted molar refractivity (Wildman–Crippen MR) is 69.3 cm³/mol. The monoisotopic (exact) mass is 297 g/mol. The number of hydrogen-bond acceptors (Lipinski definition) is 2. The van der Waals surface area contributed by atoms with Gasteiger partial charge < -0.3 is 5.32 Å².